The summed E-state index contributed by atoms with van der Waals surface area (Å²) in [5, 5.41) is 16.9. The molecular weight excluding hydrogens is 266 g/mol. The first-order valence-corrected chi connectivity index (χ1v) is 8.18. The van der Waals surface area contributed by atoms with Crippen LogP contribution in [0.3, 0.4) is 0 Å². The minimum Gasteiger partial charge on any atom is -0.476 e. The van der Waals surface area contributed by atoms with E-state index in [1.54, 1.807) is 4.68 Å². The summed E-state index contributed by atoms with van der Waals surface area (Å²) in [7, 11) is 0. The predicted octanol–water partition coefficient (Wildman–Crippen LogP) is 2.89. The molecule has 21 heavy (non-hydrogen) atoms. The van der Waals surface area contributed by atoms with Crippen molar-refractivity contribution in [2.45, 2.75) is 58.4 Å². The second-order valence-electron chi connectivity index (χ2n) is 7.72. The maximum Gasteiger partial charge on any atom is 0.358 e. The zero-order valence-electron chi connectivity index (χ0n) is 12.6. The number of aromatic nitrogens is 3. The molecule has 0 atom stereocenters. The van der Waals surface area contributed by atoms with Gasteiger partial charge in [0.05, 0.1) is 5.69 Å². The molecule has 0 spiro atoms. The Balaban J connectivity index is 1.48. The fourth-order valence-electron chi connectivity index (χ4n) is 5.71. The molecule has 1 aromatic heterocycles. The van der Waals surface area contributed by atoms with Gasteiger partial charge < -0.3 is 5.11 Å². The number of nitrogens with zero attached hydrogens (tertiary/aromatic N) is 3. The van der Waals surface area contributed by atoms with Crippen molar-refractivity contribution in [1.29, 1.82) is 0 Å². The molecule has 0 aromatic carbocycles. The molecule has 5 heteroatoms. The molecule has 5 nitrogen and oxygen atoms in total. The molecule has 114 valence electrons. The van der Waals surface area contributed by atoms with Crippen molar-refractivity contribution in [1.82, 2.24) is 15.0 Å². The van der Waals surface area contributed by atoms with Crippen molar-refractivity contribution < 1.29 is 9.90 Å². The molecule has 4 aliphatic rings. The van der Waals surface area contributed by atoms with Crippen LogP contribution in [-0.2, 0) is 6.54 Å². The molecule has 1 N–H and O–H groups in total. The summed E-state index contributed by atoms with van der Waals surface area (Å²) < 4.78 is 1.79. The molecule has 5 rings (SSSR count). The molecule has 0 unspecified atom stereocenters. The van der Waals surface area contributed by atoms with Crippen LogP contribution in [0.5, 0.6) is 0 Å². The molecule has 0 radical (unpaired) electrons. The molecule has 1 heterocycles. The number of rotatable bonds is 4. The van der Waals surface area contributed by atoms with Crippen LogP contribution in [0, 0.1) is 30.1 Å². The number of carbonyl (C=O) groups is 1. The van der Waals surface area contributed by atoms with Crippen LogP contribution in [0.4, 0.5) is 0 Å². The van der Waals surface area contributed by atoms with Crippen molar-refractivity contribution in [2.24, 2.45) is 23.2 Å². The summed E-state index contributed by atoms with van der Waals surface area (Å²) in [6.07, 6.45) is 9.69. The largest absolute Gasteiger partial charge is 0.476 e. The van der Waals surface area contributed by atoms with Crippen molar-refractivity contribution >= 4 is 5.97 Å². The normalized spacial score (nSPS) is 37.1. The van der Waals surface area contributed by atoms with Gasteiger partial charge in [-0.15, -0.1) is 5.10 Å². The van der Waals surface area contributed by atoms with Crippen LogP contribution in [0.15, 0.2) is 0 Å². The van der Waals surface area contributed by atoms with Crippen molar-refractivity contribution in [3.05, 3.63) is 11.4 Å². The molecular formula is C16H23N3O2. The Bertz CT molecular complexity index is 543. The van der Waals surface area contributed by atoms with Crippen LogP contribution < -0.4 is 0 Å². The molecule has 4 aliphatic carbocycles. The number of aryl methyl sites for hydroxylation is 1. The number of carboxylic acid groups (broad SMARTS) is 1. The standard InChI is InChI=1S/C16H23N3O2/c1-10-14(15(20)21)17-18-19(10)3-2-16-7-11-4-12(8-16)6-13(5-11)9-16/h11-13H,2-9H2,1H3,(H,20,21). The van der Waals surface area contributed by atoms with E-state index in [2.05, 4.69) is 10.3 Å². The van der Waals surface area contributed by atoms with E-state index >= 15 is 0 Å². The first kappa shape index (κ1) is 13.3. The van der Waals surface area contributed by atoms with Gasteiger partial charge in [-0.2, -0.15) is 0 Å². The zero-order chi connectivity index (χ0) is 14.6. The van der Waals surface area contributed by atoms with Gasteiger partial charge in [0, 0.05) is 6.54 Å². The second-order valence-corrected chi connectivity index (χ2v) is 7.72. The van der Waals surface area contributed by atoms with Gasteiger partial charge >= 0.3 is 5.97 Å². The van der Waals surface area contributed by atoms with Gasteiger partial charge in [0.25, 0.3) is 0 Å². The van der Waals surface area contributed by atoms with E-state index in [1.807, 2.05) is 6.92 Å². The first-order valence-electron chi connectivity index (χ1n) is 8.18. The summed E-state index contributed by atoms with van der Waals surface area (Å²) in [6, 6.07) is 0. The topological polar surface area (TPSA) is 68.0 Å². The van der Waals surface area contributed by atoms with Crippen LogP contribution in [0.1, 0.15) is 61.1 Å². The fourth-order valence-corrected chi connectivity index (χ4v) is 5.71. The van der Waals surface area contributed by atoms with Gasteiger partial charge in [0.15, 0.2) is 5.69 Å². The Morgan fingerprint density at radius 3 is 2.29 bits per heavy atom. The number of hydrogen-bond donors (Lipinski definition) is 1. The average Bonchev–Trinajstić information content (AvgIpc) is 2.76. The Labute approximate surface area is 124 Å². The van der Waals surface area contributed by atoms with Crippen molar-refractivity contribution in [3.63, 3.8) is 0 Å². The first-order chi connectivity index (χ1) is 10.0. The van der Waals surface area contributed by atoms with E-state index in [4.69, 9.17) is 5.11 Å². The Hall–Kier alpha value is -1.39. The van der Waals surface area contributed by atoms with E-state index in [0.717, 1.165) is 30.7 Å². The maximum absolute atomic E-state index is 11.0. The van der Waals surface area contributed by atoms with E-state index < -0.39 is 5.97 Å². The fraction of sp³-hybridized carbons (Fsp3) is 0.812. The highest BCUT2D eigenvalue weighted by Crippen LogP contribution is 2.61. The minimum absolute atomic E-state index is 0.0977. The summed E-state index contributed by atoms with van der Waals surface area (Å²) in [6.45, 7) is 2.63. The molecule has 4 bridgehead atoms. The highest BCUT2D eigenvalue weighted by molar-refractivity contribution is 5.86. The van der Waals surface area contributed by atoms with Crippen LogP contribution in [0.25, 0.3) is 0 Å². The van der Waals surface area contributed by atoms with E-state index in [9.17, 15) is 4.79 Å². The lowest BCUT2D eigenvalue weighted by atomic mass is 9.49. The van der Waals surface area contributed by atoms with Gasteiger partial charge in [-0.3, -0.25) is 0 Å². The van der Waals surface area contributed by atoms with Gasteiger partial charge in [0.2, 0.25) is 0 Å². The lowest BCUT2D eigenvalue weighted by molar-refractivity contribution is -0.0596. The highest BCUT2D eigenvalue weighted by atomic mass is 16.4. The highest BCUT2D eigenvalue weighted by Gasteiger charge is 2.50. The third kappa shape index (κ3) is 2.17. The van der Waals surface area contributed by atoms with Gasteiger partial charge in [-0.25, -0.2) is 9.48 Å². The van der Waals surface area contributed by atoms with Crippen LogP contribution in [-0.4, -0.2) is 26.1 Å². The number of carboxylic acids is 1. The molecule has 0 amide bonds. The maximum atomic E-state index is 11.0. The summed E-state index contributed by atoms with van der Waals surface area (Å²) in [5.74, 6) is 1.90. The third-order valence-electron chi connectivity index (χ3n) is 6.20. The number of hydrogen-bond acceptors (Lipinski definition) is 3. The quantitative estimate of drug-likeness (QED) is 0.925. The summed E-state index contributed by atoms with van der Waals surface area (Å²) in [4.78, 5) is 11.0. The van der Waals surface area contributed by atoms with Crippen LogP contribution >= 0.6 is 0 Å². The smallest absolute Gasteiger partial charge is 0.358 e. The lowest BCUT2D eigenvalue weighted by Gasteiger charge is -2.57. The van der Waals surface area contributed by atoms with Crippen molar-refractivity contribution in [3.8, 4) is 0 Å². The monoisotopic (exact) mass is 289 g/mol. The molecule has 4 fully saturated rings. The lowest BCUT2D eigenvalue weighted by Crippen LogP contribution is -2.46. The van der Waals surface area contributed by atoms with Crippen molar-refractivity contribution in [2.75, 3.05) is 0 Å². The van der Waals surface area contributed by atoms with E-state index in [0.29, 0.717) is 11.1 Å². The van der Waals surface area contributed by atoms with Gasteiger partial charge in [-0.05, 0) is 75.0 Å². The predicted molar refractivity (Wildman–Crippen MR) is 76.9 cm³/mol. The molecule has 1 aromatic rings. The second kappa shape index (κ2) is 4.55. The Morgan fingerprint density at radius 1 is 1.24 bits per heavy atom. The number of aromatic carboxylic acids is 1. The molecule has 4 saturated carbocycles. The zero-order valence-corrected chi connectivity index (χ0v) is 12.6. The van der Waals surface area contributed by atoms with E-state index in [1.165, 1.54) is 38.5 Å². The summed E-state index contributed by atoms with van der Waals surface area (Å²) in [5.41, 5.74) is 1.30. The van der Waals surface area contributed by atoms with Gasteiger partial charge in [-0.1, -0.05) is 5.21 Å². The van der Waals surface area contributed by atoms with Crippen LogP contribution in [0.2, 0.25) is 0 Å². The molecule has 0 saturated heterocycles. The average molecular weight is 289 g/mol. The Morgan fingerprint density at radius 2 is 1.81 bits per heavy atom. The minimum atomic E-state index is -0.978. The van der Waals surface area contributed by atoms with E-state index in [-0.39, 0.29) is 5.69 Å². The molecule has 0 aliphatic heterocycles. The summed E-state index contributed by atoms with van der Waals surface area (Å²) >= 11 is 0. The SMILES string of the molecule is Cc1c(C(=O)O)nnn1CCC12CC3CC(CC(C3)C1)C2. The Kier molecular flexibility index (Phi) is 2.88. The third-order valence-corrected chi connectivity index (χ3v) is 6.20. The van der Waals surface area contributed by atoms with Gasteiger partial charge in [0.1, 0.15) is 0 Å².